The van der Waals surface area contributed by atoms with E-state index in [1.165, 1.54) is 36.5 Å². The molecule has 0 radical (unpaired) electrons. The minimum absolute atomic E-state index is 0.0174. The zero-order chi connectivity index (χ0) is 23.1. The molecule has 0 bridgehead atoms. The third-order valence-electron chi connectivity index (χ3n) is 4.25. The Bertz CT molecular complexity index is 1210. The van der Waals surface area contributed by atoms with E-state index in [2.05, 4.69) is 10.5 Å². The highest BCUT2D eigenvalue weighted by atomic mass is 35.5. The molecule has 10 heteroatoms. The van der Waals surface area contributed by atoms with Gasteiger partial charge in [0.05, 0.1) is 23.9 Å². The zero-order valence-corrected chi connectivity index (χ0v) is 19.2. The van der Waals surface area contributed by atoms with E-state index >= 15 is 0 Å². The van der Waals surface area contributed by atoms with Crippen molar-refractivity contribution in [2.75, 3.05) is 18.0 Å². The van der Waals surface area contributed by atoms with Gasteiger partial charge in [0.2, 0.25) is 0 Å². The van der Waals surface area contributed by atoms with E-state index in [-0.39, 0.29) is 20.6 Å². The standard InChI is InChI=1S/C22H19Cl2N3O4S/c1-31-20-7-5-6-16(10-20)14-25-26-22(28)15-27(19-12-17(23)11-18(24)13-19)32(29,30)21-8-3-2-4-9-21/h2-14H,15H2,1H3,(H,26,28)/b25-14-. The molecule has 3 rings (SSSR count). The molecule has 0 spiro atoms. The van der Waals surface area contributed by atoms with Crippen LogP contribution in [0.3, 0.4) is 0 Å². The van der Waals surface area contributed by atoms with Crippen LogP contribution in [0.5, 0.6) is 5.75 Å². The Kier molecular flexibility index (Phi) is 7.74. The molecule has 0 aromatic heterocycles. The molecular formula is C22H19Cl2N3O4S. The molecule has 0 aliphatic heterocycles. The lowest BCUT2D eigenvalue weighted by Crippen LogP contribution is -2.39. The maximum atomic E-state index is 13.3. The summed E-state index contributed by atoms with van der Waals surface area (Å²) in [5.41, 5.74) is 3.18. The normalized spacial score (nSPS) is 11.3. The van der Waals surface area contributed by atoms with Gasteiger partial charge in [0.25, 0.3) is 15.9 Å². The summed E-state index contributed by atoms with van der Waals surface area (Å²) in [7, 11) is -2.54. The number of ether oxygens (including phenoxy) is 1. The van der Waals surface area contributed by atoms with Gasteiger partial charge in [0, 0.05) is 10.0 Å². The number of halogens is 2. The predicted molar refractivity (Wildman–Crippen MR) is 126 cm³/mol. The number of methoxy groups -OCH3 is 1. The molecule has 1 N–H and O–H groups in total. The lowest BCUT2D eigenvalue weighted by Gasteiger charge is -2.24. The Hall–Kier alpha value is -3.07. The van der Waals surface area contributed by atoms with Crippen LogP contribution in [0.15, 0.2) is 82.8 Å². The number of sulfonamides is 1. The van der Waals surface area contributed by atoms with Gasteiger partial charge in [-0.3, -0.25) is 9.10 Å². The van der Waals surface area contributed by atoms with Crippen LogP contribution in [0.2, 0.25) is 10.0 Å². The number of nitrogens with zero attached hydrogens (tertiary/aromatic N) is 2. The summed E-state index contributed by atoms with van der Waals surface area (Å²) in [6.07, 6.45) is 1.42. The van der Waals surface area contributed by atoms with E-state index in [1.54, 1.807) is 49.6 Å². The van der Waals surface area contributed by atoms with Crippen molar-refractivity contribution in [3.05, 3.63) is 88.4 Å². The third-order valence-corrected chi connectivity index (χ3v) is 6.47. The van der Waals surface area contributed by atoms with Crippen molar-refractivity contribution in [2.24, 2.45) is 5.10 Å². The first-order valence-corrected chi connectivity index (χ1v) is 11.5. The lowest BCUT2D eigenvalue weighted by atomic mass is 10.2. The van der Waals surface area contributed by atoms with Crippen molar-refractivity contribution in [1.82, 2.24) is 5.43 Å². The van der Waals surface area contributed by atoms with Gasteiger partial charge < -0.3 is 4.74 Å². The molecule has 0 fully saturated rings. The number of anilines is 1. The monoisotopic (exact) mass is 491 g/mol. The second kappa shape index (κ2) is 10.5. The van der Waals surface area contributed by atoms with Crippen LogP contribution in [0.4, 0.5) is 5.69 Å². The summed E-state index contributed by atoms with van der Waals surface area (Å²) in [6.45, 7) is -0.538. The Labute approximate surface area is 196 Å². The minimum atomic E-state index is -4.08. The van der Waals surface area contributed by atoms with Crippen molar-refractivity contribution in [2.45, 2.75) is 4.90 Å². The first-order valence-electron chi connectivity index (χ1n) is 9.29. The predicted octanol–water partition coefficient (Wildman–Crippen LogP) is 4.35. The summed E-state index contributed by atoms with van der Waals surface area (Å²) < 4.78 is 32.6. The first-order chi connectivity index (χ1) is 15.3. The molecule has 0 heterocycles. The van der Waals surface area contributed by atoms with Crippen molar-refractivity contribution in [1.29, 1.82) is 0 Å². The molecule has 0 unspecified atom stereocenters. The van der Waals surface area contributed by atoms with E-state index in [0.717, 1.165) is 4.31 Å². The van der Waals surface area contributed by atoms with Gasteiger partial charge in [0.1, 0.15) is 12.3 Å². The fraction of sp³-hybridized carbons (Fsp3) is 0.0909. The highest BCUT2D eigenvalue weighted by Crippen LogP contribution is 2.29. The number of hydrazone groups is 1. The van der Waals surface area contributed by atoms with Crippen LogP contribution in [-0.2, 0) is 14.8 Å². The van der Waals surface area contributed by atoms with Gasteiger partial charge in [-0.05, 0) is 48.0 Å². The molecule has 0 aliphatic carbocycles. The van der Waals surface area contributed by atoms with Crippen LogP contribution in [-0.4, -0.2) is 34.2 Å². The Morgan fingerprint density at radius 2 is 1.72 bits per heavy atom. The van der Waals surface area contributed by atoms with Gasteiger partial charge in [-0.2, -0.15) is 5.10 Å². The van der Waals surface area contributed by atoms with Crippen molar-refractivity contribution in [3.63, 3.8) is 0 Å². The molecule has 166 valence electrons. The highest BCUT2D eigenvalue weighted by molar-refractivity contribution is 7.92. The third kappa shape index (κ3) is 6.00. The van der Waals surface area contributed by atoms with Crippen molar-refractivity contribution < 1.29 is 17.9 Å². The first kappa shape index (κ1) is 23.6. The van der Waals surface area contributed by atoms with Gasteiger partial charge in [-0.1, -0.05) is 53.5 Å². The quantitative estimate of drug-likeness (QED) is 0.374. The summed E-state index contributed by atoms with van der Waals surface area (Å²) >= 11 is 12.1. The van der Waals surface area contributed by atoms with E-state index in [4.69, 9.17) is 27.9 Å². The number of nitrogens with one attached hydrogen (secondary N) is 1. The Morgan fingerprint density at radius 1 is 1.03 bits per heavy atom. The van der Waals surface area contributed by atoms with E-state index in [0.29, 0.717) is 11.3 Å². The van der Waals surface area contributed by atoms with Crippen LogP contribution in [0.1, 0.15) is 5.56 Å². The lowest BCUT2D eigenvalue weighted by molar-refractivity contribution is -0.119. The number of amides is 1. The average molecular weight is 492 g/mol. The number of hydrogen-bond acceptors (Lipinski definition) is 5. The van der Waals surface area contributed by atoms with E-state index in [1.807, 2.05) is 0 Å². The van der Waals surface area contributed by atoms with Gasteiger partial charge in [0.15, 0.2) is 0 Å². The number of benzene rings is 3. The highest BCUT2D eigenvalue weighted by Gasteiger charge is 2.27. The number of rotatable bonds is 8. The average Bonchev–Trinajstić information content (AvgIpc) is 2.77. The van der Waals surface area contributed by atoms with Crippen LogP contribution in [0, 0.1) is 0 Å². The molecule has 3 aromatic rings. The molecule has 32 heavy (non-hydrogen) atoms. The summed E-state index contributed by atoms with van der Waals surface area (Å²) in [5, 5.41) is 4.37. The SMILES string of the molecule is COc1cccc(/C=N\NC(=O)CN(c2cc(Cl)cc(Cl)c2)S(=O)(=O)c2ccccc2)c1. The number of carbonyl (C=O) groups excluding carboxylic acids is 1. The number of carbonyl (C=O) groups is 1. The van der Waals surface area contributed by atoms with Crippen LogP contribution >= 0.6 is 23.2 Å². The molecule has 0 aliphatic rings. The summed E-state index contributed by atoms with van der Waals surface area (Å²) in [4.78, 5) is 12.6. The fourth-order valence-corrected chi connectivity index (χ4v) is 4.72. The molecule has 7 nitrogen and oxygen atoms in total. The van der Waals surface area contributed by atoms with Gasteiger partial charge in [-0.25, -0.2) is 13.8 Å². The fourth-order valence-electron chi connectivity index (χ4n) is 2.78. The van der Waals surface area contributed by atoms with Crippen LogP contribution < -0.4 is 14.5 Å². The van der Waals surface area contributed by atoms with Gasteiger partial charge >= 0.3 is 0 Å². The largest absolute Gasteiger partial charge is 0.497 e. The second-order valence-corrected chi connectivity index (χ2v) is 9.26. The number of hydrogen-bond donors (Lipinski definition) is 1. The molecular weight excluding hydrogens is 473 g/mol. The second-order valence-electron chi connectivity index (χ2n) is 6.52. The summed E-state index contributed by atoms with van der Waals surface area (Å²) in [5.74, 6) is -0.0157. The molecule has 0 atom stereocenters. The smallest absolute Gasteiger partial charge is 0.264 e. The maximum Gasteiger partial charge on any atom is 0.264 e. The van der Waals surface area contributed by atoms with Crippen LogP contribution in [0.25, 0.3) is 0 Å². The maximum absolute atomic E-state index is 13.3. The Balaban J connectivity index is 1.85. The molecule has 3 aromatic carbocycles. The van der Waals surface area contributed by atoms with Gasteiger partial charge in [-0.15, -0.1) is 0 Å². The Morgan fingerprint density at radius 3 is 2.38 bits per heavy atom. The van der Waals surface area contributed by atoms with Crippen molar-refractivity contribution >= 4 is 51.0 Å². The van der Waals surface area contributed by atoms with E-state index in [9.17, 15) is 13.2 Å². The molecule has 0 saturated heterocycles. The van der Waals surface area contributed by atoms with E-state index < -0.39 is 22.5 Å². The molecule has 1 amide bonds. The van der Waals surface area contributed by atoms with Crippen molar-refractivity contribution in [3.8, 4) is 5.75 Å². The molecule has 0 saturated carbocycles. The topological polar surface area (TPSA) is 88.1 Å². The minimum Gasteiger partial charge on any atom is -0.497 e. The zero-order valence-electron chi connectivity index (χ0n) is 16.9. The summed E-state index contributed by atoms with van der Waals surface area (Å²) in [6, 6.07) is 19.1.